The van der Waals surface area contributed by atoms with Crippen LogP contribution in [0.5, 0.6) is 0 Å². The number of nitrogens with one attached hydrogen (secondary N) is 1. The SMILES string of the molecule is COC(=O)C1=C(C)NC(C)=C(C(=O)OCC(C)(C)CN2CCN(CCN3CCCCC3)CC2)C1c1cccc([N+](=O)[O-])c1. The first-order valence-electron chi connectivity index (χ1n) is 15.3. The third-order valence-electron chi connectivity index (χ3n) is 8.69. The van der Waals surface area contributed by atoms with Crippen LogP contribution in [0.1, 0.15) is 58.4 Å². The minimum absolute atomic E-state index is 0.129. The number of hydrogen-bond donors (Lipinski definition) is 1. The number of esters is 2. The fourth-order valence-corrected chi connectivity index (χ4v) is 6.42. The van der Waals surface area contributed by atoms with Gasteiger partial charge in [0.1, 0.15) is 0 Å². The maximum Gasteiger partial charge on any atom is 0.336 e. The average Bonchev–Trinajstić information content (AvgIpc) is 2.99. The van der Waals surface area contributed by atoms with Gasteiger partial charge in [0.15, 0.2) is 0 Å². The second-order valence-corrected chi connectivity index (χ2v) is 12.7. The summed E-state index contributed by atoms with van der Waals surface area (Å²) in [5.74, 6) is -2.05. The van der Waals surface area contributed by atoms with Crippen LogP contribution in [-0.4, -0.2) is 104 Å². The number of carbonyl (C=O) groups is 2. The molecule has 1 N–H and O–H groups in total. The van der Waals surface area contributed by atoms with Crippen LogP contribution in [0.2, 0.25) is 0 Å². The number of carbonyl (C=O) groups excluding carboxylic acids is 2. The number of nitrogens with zero attached hydrogens (tertiary/aromatic N) is 4. The number of nitro benzene ring substituents is 1. The molecule has 2 fully saturated rings. The number of likely N-dealkylation sites (tertiary alicyclic amines) is 1. The van der Waals surface area contributed by atoms with Gasteiger partial charge in [-0.05, 0) is 45.3 Å². The van der Waals surface area contributed by atoms with E-state index in [0.29, 0.717) is 17.0 Å². The van der Waals surface area contributed by atoms with Crippen molar-refractivity contribution in [1.29, 1.82) is 0 Å². The maximum absolute atomic E-state index is 13.7. The number of piperidine rings is 1. The van der Waals surface area contributed by atoms with Gasteiger partial charge in [-0.15, -0.1) is 0 Å². The van der Waals surface area contributed by atoms with E-state index < -0.39 is 22.8 Å². The van der Waals surface area contributed by atoms with Crippen molar-refractivity contribution in [2.24, 2.45) is 5.41 Å². The van der Waals surface area contributed by atoms with Crippen LogP contribution >= 0.6 is 0 Å². The Balaban J connectivity index is 1.39. The van der Waals surface area contributed by atoms with E-state index in [9.17, 15) is 19.7 Å². The average molecular weight is 598 g/mol. The number of methoxy groups -OCH3 is 1. The van der Waals surface area contributed by atoms with Gasteiger partial charge in [0.25, 0.3) is 5.69 Å². The zero-order valence-corrected chi connectivity index (χ0v) is 26.3. The fourth-order valence-electron chi connectivity index (χ4n) is 6.42. The molecular weight excluding hydrogens is 550 g/mol. The van der Waals surface area contributed by atoms with Gasteiger partial charge in [-0.2, -0.15) is 0 Å². The van der Waals surface area contributed by atoms with E-state index in [-0.39, 0.29) is 28.9 Å². The van der Waals surface area contributed by atoms with Crippen molar-refractivity contribution < 1.29 is 24.0 Å². The largest absolute Gasteiger partial charge is 0.466 e. The normalized spacial score (nSPS) is 21.0. The van der Waals surface area contributed by atoms with Crippen molar-refractivity contribution in [3.05, 3.63) is 62.5 Å². The molecule has 4 rings (SSSR count). The van der Waals surface area contributed by atoms with Gasteiger partial charge in [-0.25, -0.2) is 9.59 Å². The first-order chi connectivity index (χ1) is 20.5. The first-order valence-corrected chi connectivity index (χ1v) is 15.3. The van der Waals surface area contributed by atoms with Crippen molar-refractivity contribution in [3.8, 4) is 0 Å². The Kier molecular flexibility index (Phi) is 11.0. The summed E-state index contributed by atoms with van der Waals surface area (Å²) in [5, 5.41) is 14.6. The Morgan fingerprint density at radius 1 is 0.930 bits per heavy atom. The summed E-state index contributed by atoms with van der Waals surface area (Å²) < 4.78 is 11.0. The Morgan fingerprint density at radius 3 is 2.12 bits per heavy atom. The van der Waals surface area contributed by atoms with Crippen LogP contribution in [0.15, 0.2) is 46.8 Å². The monoisotopic (exact) mass is 597 g/mol. The molecule has 0 aliphatic carbocycles. The van der Waals surface area contributed by atoms with Gasteiger partial charge in [-0.1, -0.05) is 32.4 Å². The highest BCUT2D eigenvalue weighted by atomic mass is 16.6. The summed E-state index contributed by atoms with van der Waals surface area (Å²) in [6, 6.07) is 6.00. The predicted molar refractivity (Wildman–Crippen MR) is 164 cm³/mol. The molecule has 0 saturated carbocycles. The lowest BCUT2D eigenvalue weighted by molar-refractivity contribution is -0.384. The molecule has 236 valence electrons. The van der Waals surface area contributed by atoms with Gasteiger partial charge in [0, 0.05) is 74.8 Å². The molecule has 1 aromatic rings. The highest BCUT2D eigenvalue weighted by Gasteiger charge is 2.39. The van der Waals surface area contributed by atoms with E-state index in [4.69, 9.17) is 9.47 Å². The number of piperazine rings is 1. The number of non-ortho nitro benzene ring substituents is 1. The van der Waals surface area contributed by atoms with Crippen LogP contribution in [0.3, 0.4) is 0 Å². The third kappa shape index (κ3) is 8.43. The molecule has 0 aromatic heterocycles. The Morgan fingerprint density at radius 2 is 1.51 bits per heavy atom. The highest BCUT2D eigenvalue weighted by molar-refractivity contribution is 5.99. The molecule has 2 saturated heterocycles. The minimum atomic E-state index is -0.873. The lowest BCUT2D eigenvalue weighted by Crippen LogP contribution is -2.51. The van der Waals surface area contributed by atoms with Gasteiger partial charge in [-0.3, -0.25) is 15.0 Å². The van der Waals surface area contributed by atoms with E-state index >= 15 is 0 Å². The summed E-state index contributed by atoms with van der Waals surface area (Å²) in [5.41, 5.74) is 1.52. The molecule has 11 nitrogen and oxygen atoms in total. The van der Waals surface area contributed by atoms with Crippen molar-refractivity contribution in [2.75, 3.05) is 72.6 Å². The molecule has 3 aliphatic rings. The van der Waals surface area contributed by atoms with Gasteiger partial charge >= 0.3 is 11.9 Å². The highest BCUT2D eigenvalue weighted by Crippen LogP contribution is 2.40. The maximum atomic E-state index is 13.7. The van der Waals surface area contributed by atoms with E-state index in [1.54, 1.807) is 26.0 Å². The second kappa shape index (κ2) is 14.5. The summed E-state index contributed by atoms with van der Waals surface area (Å²) in [4.78, 5) is 45.2. The molecule has 0 spiro atoms. The van der Waals surface area contributed by atoms with E-state index in [1.165, 1.54) is 51.6 Å². The van der Waals surface area contributed by atoms with E-state index in [1.807, 2.05) is 0 Å². The molecule has 1 atom stereocenters. The second-order valence-electron chi connectivity index (χ2n) is 12.7. The number of hydrogen-bond acceptors (Lipinski definition) is 10. The zero-order chi connectivity index (χ0) is 31.1. The van der Waals surface area contributed by atoms with Crippen LogP contribution in [-0.2, 0) is 19.1 Å². The predicted octanol–water partition coefficient (Wildman–Crippen LogP) is 3.68. The summed E-state index contributed by atoms with van der Waals surface area (Å²) in [6.45, 7) is 17.4. The molecule has 1 unspecified atom stereocenters. The summed E-state index contributed by atoms with van der Waals surface area (Å²) in [7, 11) is 1.27. The molecule has 0 radical (unpaired) electrons. The number of dihydropyridines is 1. The van der Waals surface area contributed by atoms with Gasteiger partial charge in [0.05, 0.1) is 35.7 Å². The zero-order valence-electron chi connectivity index (χ0n) is 26.3. The first kappa shape index (κ1) is 32.6. The molecule has 0 amide bonds. The Labute approximate surface area is 255 Å². The molecule has 3 aliphatic heterocycles. The molecule has 43 heavy (non-hydrogen) atoms. The molecule has 11 heteroatoms. The standard InChI is InChI=1S/C32H47N5O6/c1-23-27(30(38)42-5)29(25-10-9-11-26(20-25)37(40)41)28(24(2)33-23)31(39)43-22-32(3,4)21-36-18-16-35(17-19-36)15-14-34-12-7-6-8-13-34/h9-11,20,29,33H,6-8,12-19,21-22H2,1-5H3. The number of allylic oxidation sites excluding steroid dienone is 2. The number of rotatable bonds is 11. The van der Waals surface area contributed by atoms with E-state index in [2.05, 4.69) is 33.9 Å². The van der Waals surface area contributed by atoms with E-state index in [0.717, 1.165) is 45.8 Å². The van der Waals surface area contributed by atoms with Crippen LogP contribution < -0.4 is 5.32 Å². The summed E-state index contributed by atoms with van der Waals surface area (Å²) in [6.07, 6.45) is 4.00. The van der Waals surface area contributed by atoms with Crippen LogP contribution in [0, 0.1) is 15.5 Å². The molecule has 3 heterocycles. The lowest BCUT2D eigenvalue weighted by Gasteiger charge is -2.39. The van der Waals surface area contributed by atoms with Crippen molar-refractivity contribution in [2.45, 2.75) is 52.9 Å². The Hall–Kier alpha value is -3.28. The molecule has 1 aromatic carbocycles. The fraction of sp³-hybridized carbons (Fsp3) is 0.625. The third-order valence-corrected chi connectivity index (χ3v) is 8.69. The smallest absolute Gasteiger partial charge is 0.336 e. The van der Waals surface area contributed by atoms with Gasteiger partial charge in [0.2, 0.25) is 0 Å². The lowest BCUT2D eigenvalue weighted by atomic mass is 9.80. The van der Waals surface area contributed by atoms with Gasteiger partial charge < -0.3 is 24.6 Å². The molecule has 0 bridgehead atoms. The van der Waals surface area contributed by atoms with Crippen molar-refractivity contribution in [1.82, 2.24) is 20.0 Å². The number of nitro groups is 1. The van der Waals surface area contributed by atoms with Crippen molar-refractivity contribution >= 4 is 17.6 Å². The topological polar surface area (TPSA) is 117 Å². The number of ether oxygens (including phenoxy) is 2. The molecular formula is C32H47N5O6. The quantitative estimate of drug-likeness (QED) is 0.230. The van der Waals surface area contributed by atoms with Crippen molar-refractivity contribution in [3.63, 3.8) is 0 Å². The summed E-state index contributed by atoms with van der Waals surface area (Å²) >= 11 is 0. The number of benzene rings is 1. The van der Waals surface area contributed by atoms with Crippen LogP contribution in [0.25, 0.3) is 0 Å². The Bertz CT molecular complexity index is 1240. The van der Waals surface area contributed by atoms with Crippen LogP contribution in [0.4, 0.5) is 5.69 Å². The minimum Gasteiger partial charge on any atom is -0.466 e.